The van der Waals surface area contributed by atoms with Crippen LogP contribution in [-0.2, 0) is 6.54 Å². The lowest BCUT2D eigenvalue weighted by molar-refractivity contribution is -0.383. The minimum Gasteiger partial charge on any atom is -0.368 e. The number of nitrogens with zero attached hydrogens (tertiary/aromatic N) is 5. The fourth-order valence-corrected chi connectivity index (χ4v) is 5.38. The maximum absolute atomic E-state index is 12.5. The van der Waals surface area contributed by atoms with Crippen LogP contribution in [-0.4, -0.2) is 51.0 Å². The number of nitro benzene ring substituents is 1. The minimum atomic E-state index is -0.368. The van der Waals surface area contributed by atoms with Crippen molar-refractivity contribution >= 4 is 43.7 Å². The summed E-state index contributed by atoms with van der Waals surface area (Å²) in [6.45, 7) is 7.71. The summed E-state index contributed by atoms with van der Waals surface area (Å²) in [6, 6.07) is 5.21. The van der Waals surface area contributed by atoms with Crippen LogP contribution >= 0.6 is 11.3 Å². The van der Waals surface area contributed by atoms with Gasteiger partial charge in [-0.1, -0.05) is 0 Å². The largest absolute Gasteiger partial charge is 0.368 e. The summed E-state index contributed by atoms with van der Waals surface area (Å²) in [4.78, 5) is 41.7. The highest BCUT2D eigenvalue weighted by atomic mass is 32.1. The van der Waals surface area contributed by atoms with Gasteiger partial charge in [-0.05, 0) is 31.5 Å². The average Bonchev–Trinajstić information content (AvgIpc) is 3.07. The van der Waals surface area contributed by atoms with Crippen LogP contribution in [0.3, 0.4) is 0 Å². The number of nitrogens with one attached hydrogen (secondary N) is 1. The minimum absolute atomic E-state index is 0.0694. The molecule has 1 saturated heterocycles. The van der Waals surface area contributed by atoms with E-state index >= 15 is 0 Å². The predicted molar refractivity (Wildman–Crippen MR) is 126 cm³/mol. The molecule has 0 aliphatic carbocycles. The molecule has 0 unspecified atom stereocenters. The number of anilines is 1. The summed E-state index contributed by atoms with van der Waals surface area (Å²) in [5.74, 6) is 0.684. The summed E-state index contributed by atoms with van der Waals surface area (Å²) >= 11 is 1.56. The third-order valence-electron chi connectivity index (χ3n) is 6.14. The van der Waals surface area contributed by atoms with E-state index in [2.05, 4.69) is 19.8 Å². The van der Waals surface area contributed by atoms with Gasteiger partial charge < -0.3 is 9.88 Å². The van der Waals surface area contributed by atoms with E-state index in [1.165, 1.54) is 0 Å². The molecule has 0 spiro atoms. The molecule has 1 aliphatic rings. The number of H-pyrrole nitrogens is 1. The van der Waals surface area contributed by atoms with Crippen LogP contribution in [0.25, 0.3) is 21.0 Å². The topological polar surface area (TPSA) is 108 Å². The van der Waals surface area contributed by atoms with Crippen molar-refractivity contribution in [3.05, 3.63) is 67.3 Å². The monoisotopic (exact) mass is 450 g/mol. The Morgan fingerprint density at radius 3 is 2.69 bits per heavy atom. The maximum Gasteiger partial charge on any atom is 0.278 e. The number of non-ortho nitro benzene ring substituents is 1. The molecule has 4 aromatic rings. The van der Waals surface area contributed by atoms with Gasteiger partial charge in [0, 0.05) is 60.6 Å². The lowest BCUT2D eigenvalue weighted by atomic mass is 10.1. The second-order valence-corrected chi connectivity index (χ2v) is 9.22. The first-order chi connectivity index (χ1) is 15.4. The van der Waals surface area contributed by atoms with Crippen LogP contribution in [0.5, 0.6) is 0 Å². The Hall–Kier alpha value is -3.37. The molecule has 0 radical (unpaired) electrons. The summed E-state index contributed by atoms with van der Waals surface area (Å²) in [5.41, 5.74) is 1.98. The van der Waals surface area contributed by atoms with Gasteiger partial charge in [0.2, 0.25) is 0 Å². The maximum atomic E-state index is 12.5. The van der Waals surface area contributed by atoms with Crippen molar-refractivity contribution in [3.63, 3.8) is 0 Å². The van der Waals surface area contributed by atoms with Crippen molar-refractivity contribution in [3.8, 4) is 0 Å². The molecule has 32 heavy (non-hydrogen) atoms. The van der Waals surface area contributed by atoms with E-state index in [0.717, 1.165) is 52.5 Å². The van der Waals surface area contributed by atoms with Gasteiger partial charge in [-0.3, -0.25) is 24.8 Å². The Bertz CT molecular complexity index is 1400. The first-order valence-corrected chi connectivity index (χ1v) is 11.2. The van der Waals surface area contributed by atoms with Crippen molar-refractivity contribution < 1.29 is 4.92 Å². The molecule has 5 rings (SSSR count). The number of thiophene rings is 1. The Kier molecular flexibility index (Phi) is 5.10. The summed E-state index contributed by atoms with van der Waals surface area (Å²) < 4.78 is 0. The second kappa shape index (κ2) is 7.95. The van der Waals surface area contributed by atoms with E-state index in [-0.39, 0.29) is 16.2 Å². The summed E-state index contributed by atoms with van der Waals surface area (Å²) in [5, 5.41) is 13.5. The molecule has 164 valence electrons. The summed E-state index contributed by atoms with van der Waals surface area (Å²) in [7, 11) is 0. The van der Waals surface area contributed by atoms with Gasteiger partial charge in [0.15, 0.2) is 0 Å². The second-order valence-electron chi connectivity index (χ2n) is 8.02. The molecule has 0 saturated carbocycles. The van der Waals surface area contributed by atoms with Crippen molar-refractivity contribution in [2.24, 2.45) is 0 Å². The number of nitro groups is 1. The zero-order valence-electron chi connectivity index (χ0n) is 17.8. The number of aryl methyl sites for hydroxylation is 2. The molecule has 1 fully saturated rings. The molecular formula is C22H22N6O3S. The van der Waals surface area contributed by atoms with E-state index in [1.807, 2.05) is 26.0 Å². The Morgan fingerprint density at radius 2 is 1.94 bits per heavy atom. The highest BCUT2D eigenvalue weighted by Gasteiger charge is 2.22. The number of fused-ring (bicyclic) bond motifs is 2. The molecule has 4 heterocycles. The van der Waals surface area contributed by atoms with Crippen molar-refractivity contribution in [2.75, 3.05) is 31.1 Å². The zero-order chi connectivity index (χ0) is 22.4. The third kappa shape index (κ3) is 3.51. The number of piperazine rings is 1. The van der Waals surface area contributed by atoms with Gasteiger partial charge in [0.1, 0.15) is 10.7 Å². The van der Waals surface area contributed by atoms with Crippen LogP contribution in [0.15, 0.2) is 35.4 Å². The lowest BCUT2D eigenvalue weighted by Gasteiger charge is -2.36. The normalized spacial score (nSPS) is 15.0. The average molecular weight is 451 g/mol. The van der Waals surface area contributed by atoms with Gasteiger partial charge in [-0.2, -0.15) is 0 Å². The standard InChI is InChI=1S/C22H22N6O3S/c1-13-14(2)32-22-20(13)21(29)24-19(25-22)12-26-7-9-27(10-8-26)17-3-4-18(28(30)31)16-11-23-6-5-15(16)17/h3-6,11H,7-10,12H2,1-2H3,(H,24,25,29). The Labute approximate surface area is 187 Å². The Balaban J connectivity index is 1.34. The van der Waals surface area contributed by atoms with Crippen molar-refractivity contribution in [2.45, 2.75) is 20.4 Å². The number of rotatable bonds is 4. The van der Waals surface area contributed by atoms with Gasteiger partial charge in [0.05, 0.1) is 22.2 Å². The van der Waals surface area contributed by atoms with E-state index in [9.17, 15) is 14.9 Å². The SMILES string of the molecule is Cc1sc2nc(CN3CCN(c4ccc([N+](=O)[O-])c5cnccc45)CC3)[nH]c(=O)c2c1C. The fraction of sp³-hybridized carbons (Fsp3) is 0.318. The smallest absolute Gasteiger partial charge is 0.278 e. The quantitative estimate of drug-likeness (QED) is 0.375. The number of benzene rings is 1. The lowest BCUT2D eigenvalue weighted by Crippen LogP contribution is -2.46. The molecule has 1 aliphatic heterocycles. The van der Waals surface area contributed by atoms with Gasteiger partial charge in [-0.25, -0.2) is 4.98 Å². The highest BCUT2D eigenvalue weighted by Crippen LogP contribution is 2.33. The molecule has 3 aromatic heterocycles. The first kappa shape index (κ1) is 20.5. The Morgan fingerprint density at radius 1 is 1.16 bits per heavy atom. The highest BCUT2D eigenvalue weighted by molar-refractivity contribution is 7.18. The molecule has 1 N–H and O–H groups in total. The number of aromatic amines is 1. The van der Waals surface area contributed by atoms with Crippen LogP contribution < -0.4 is 10.5 Å². The summed E-state index contributed by atoms with van der Waals surface area (Å²) in [6.07, 6.45) is 3.22. The van der Waals surface area contributed by atoms with Gasteiger partial charge in [-0.15, -0.1) is 11.3 Å². The number of aromatic nitrogens is 3. The van der Waals surface area contributed by atoms with Crippen molar-refractivity contribution in [1.29, 1.82) is 0 Å². The molecule has 9 nitrogen and oxygen atoms in total. The molecule has 0 amide bonds. The van der Waals surface area contributed by atoms with Crippen LogP contribution in [0, 0.1) is 24.0 Å². The molecule has 10 heteroatoms. The number of pyridine rings is 1. The number of hydrogen-bond donors (Lipinski definition) is 1. The molecule has 0 bridgehead atoms. The predicted octanol–water partition coefficient (Wildman–Crippen LogP) is 3.38. The number of hydrogen-bond acceptors (Lipinski definition) is 8. The third-order valence-corrected chi connectivity index (χ3v) is 7.24. The zero-order valence-corrected chi connectivity index (χ0v) is 18.6. The van der Waals surface area contributed by atoms with Crippen molar-refractivity contribution in [1.82, 2.24) is 19.9 Å². The van der Waals surface area contributed by atoms with Crippen LogP contribution in [0.4, 0.5) is 11.4 Å². The molecule has 0 atom stereocenters. The fourth-order valence-electron chi connectivity index (χ4n) is 4.33. The van der Waals surface area contributed by atoms with E-state index in [0.29, 0.717) is 23.1 Å². The van der Waals surface area contributed by atoms with Crippen LogP contribution in [0.2, 0.25) is 0 Å². The molecular weight excluding hydrogens is 428 g/mol. The van der Waals surface area contributed by atoms with E-state index < -0.39 is 0 Å². The van der Waals surface area contributed by atoms with E-state index in [4.69, 9.17) is 4.98 Å². The van der Waals surface area contributed by atoms with Gasteiger partial charge >= 0.3 is 0 Å². The van der Waals surface area contributed by atoms with Crippen LogP contribution in [0.1, 0.15) is 16.3 Å². The first-order valence-electron chi connectivity index (χ1n) is 10.4. The molecule has 1 aromatic carbocycles. The van der Waals surface area contributed by atoms with E-state index in [1.54, 1.807) is 29.8 Å². The van der Waals surface area contributed by atoms with Gasteiger partial charge in [0.25, 0.3) is 11.2 Å².